The molecule has 0 unspecified atom stereocenters. The summed E-state index contributed by atoms with van der Waals surface area (Å²) in [5.41, 5.74) is 6.14. The summed E-state index contributed by atoms with van der Waals surface area (Å²) < 4.78 is 11.1. The lowest BCUT2D eigenvalue weighted by Crippen LogP contribution is -2.51. The molecule has 1 fully saturated rings. The van der Waals surface area contributed by atoms with Gasteiger partial charge in [-0.1, -0.05) is 18.9 Å². The second-order valence-electron chi connectivity index (χ2n) is 5.48. The van der Waals surface area contributed by atoms with Gasteiger partial charge in [0, 0.05) is 6.54 Å². The molecule has 0 aromatic heterocycles. The largest absolute Gasteiger partial charge is 0.486 e. The molecule has 0 atom stereocenters. The minimum atomic E-state index is -0.255. The molecule has 5 nitrogen and oxygen atoms in total. The molecule has 3 N–H and O–H groups in total. The first-order valence-electron chi connectivity index (χ1n) is 7.15. The van der Waals surface area contributed by atoms with Crippen molar-refractivity contribution in [1.29, 1.82) is 0 Å². The Hall–Kier alpha value is -1.75. The molecule has 1 aromatic carbocycles. The highest BCUT2D eigenvalue weighted by molar-refractivity contribution is 5.98. The number of nitrogens with one attached hydrogen (secondary N) is 1. The van der Waals surface area contributed by atoms with E-state index in [4.69, 9.17) is 15.2 Å². The van der Waals surface area contributed by atoms with E-state index >= 15 is 0 Å². The lowest BCUT2D eigenvalue weighted by molar-refractivity contribution is 0.0892. The van der Waals surface area contributed by atoms with E-state index in [9.17, 15) is 4.79 Å². The van der Waals surface area contributed by atoms with Crippen LogP contribution in [0, 0.1) is 0 Å². The van der Waals surface area contributed by atoms with Crippen LogP contribution in [0.5, 0.6) is 11.5 Å². The monoisotopic (exact) mass is 276 g/mol. The van der Waals surface area contributed by atoms with Gasteiger partial charge in [0.05, 0.1) is 11.1 Å². The van der Waals surface area contributed by atoms with Crippen LogP contribution in [0.15, 0.2) is 18.2 Å². The van der Waals surface area contributed by atoms with E-state index in [1.54, 1.807) is 6.07 Å². The number of benzene rings is 1. The lowest BCUT2D eigenvalue weighted by atomic mass is 9.97. The van der Waals surface area contributed by atoms with Crippen LogP contribution < -0.4 is 20.5 Å². The quantitative estimate of drug-likeness (QED) is 0.876. The summed E-state index contributed by atoms with van der Waals surface area (Å²) in [5, 5.41) is 3.11. The van der Waals surface area contributed by atoms with Gasteiger partial charge in [0.1, 0.15) is 13.2 Å². The maximum absolute atomic E-state index is 12.5. The Bertz CT molecular complexity index is 510. The maximum Gasteiger partial charge on any atom is 0.255 e. The Morgan fingerprint density at radius 1 is 1.25 bits per heavy atom. The number of nitrogens with two attached hydrogens (primary N) is 1. The fourth-order valence-corrected chi connectivity index (χ4v) is 2.99. The fourth-order valence-electron chi connectivity index (χ4n) is 2.99. The third-order valence-corrected chi connectivity index (χ3v) is 4.14. The van der Waals surface area contributed by atoms with E-state index in [1.165, 1.54) is 0 Å². The third kappa shape index (κ3) is 2.33. The molecule has 0 radical (unpaired) electrons. The maximum atomic E-state index is 12.5. The predicted molar refractivity (Wildman–Crippen MR) is 75.2 cm³/mol. The molecule has 1 aliphatic carbocycles. The van der Waals surface area contributed by atoms with Gasteiger partial charge in [-0.2, -0.15) is 0 Å². The number of hydrogen-bond donors (Lipinski definition) is 2. The minimum Gasteiger partial charge on any atom is -0.486 e. The van der Waals surface area contributed by atoms with Gasteiger partial charge in [0.15, 0.2) is 11.5 Å². The van der Waals surface area contributed by atoms with Crippen LogP contribution in [0.1, 0.15) is 36.0 Å². The van der Waals surface area contributed by atoms with E-state index in [2.05, 4.69) is 5.32 Å². The zero-order chi connectivity index (χ0) is 14.0. The van der Waals surface area contributed by atoms with Crippen molar-refractivity contribution in [2.45, 2.75) is 31.2 Å². The van der Waals surface area contributed by atoms with Gasteiger partial charge in [-0.15, -0.1) is 0 Å². The molecule has 0 saturated heterocycles. The summed E-state index contributed by atoms with van der Waals surface area (Å²) in [6, 6.07) is 5.40. The average molecular weight is 276 g/mol. The zero-order valence-electron chi connectivity index (χ0n) is 11.5. The molecule has 0 spiro atoms. The van der Waals surface area contributed by atoms with Gasteiger partial charge in [-0.25, -0.2) is 0 Å². The Labute approximate surface area is 118 Å². The number of amides is 1. The molecule has 5 heteroatoms. The first-order chi connectivity index (χ1) is 9.74. The first kappa shape index (κ1) is 13.2. The third-order valence-electron chi connectivity index (χ3n) is 4.14. The van der Waals surface area contributed by atoms with E-state index in [-0.39, 0.29) is 11.4 Å². The number of hydrogen-bond acceptors (Lipinski definition) is 4. The summed E-state index contributed by atoms with van der Waals surface area (Å²) >= 11 is 0. The van der Waals surface area contributed by atoms with Gasteiger partial charge in [0.2, 0.25) is 0 Å². The molecule has 3 rings (SSSR count). The van der Waals surface area contributed by atoms with Gasteiger partial charge in [0.25, 0.3) is 5.91 Å². The summed E-state index contributed by atoms with van der Waals surface area (Å²) in [5.74, 6) is 1.05. The SMILES string of the molecule is NCC1(NC(=O)c2cccc3c2OCCO3)CCCC1. The van der Waals surface area contributed by atoms with Crippen molar-refractivity contribution in [1.82, 2.24) is 5.32 Å². The lowest BCUT2D eigenvalue weighted by Gasteiger charge is -2.29. The van der Waals surface area contributed by atoms with Crippen LogP contribution in [-0.4, -0.2) is 31.2 Å². The van der Waals surface area contributed by atoms with Crippen molar-refractivity contribution in [3.8, 4) is 11.5 Å². The standard InChI is InChI=1S/C15H20N2O3/c16-10-15(6-1-2-7-15)17-14(18)11-4-3-5-12-13(11)20-9-8-19-12/h3-5H,1-2,6-10,16H2,(H,17,18). The number of fused-ring (bicyclic) bond motifs is 1. The second kappa shape index (κ2) is 5.32. The van der Waals surface area contributed by atoms with E-state index in [1.807, 2.05) is 12.1 Å². The summed E-state index contributed by atoms with van der Waals surface area (Å²) in [6.45, 7) is 1.47. The number of carbonyl (C=O) groups excluding carboxylic acids is 1. The Morgan fingerprint density at radius 2 is 2.00 bits per heavy atom. The summed E-state index contributed by atoms with van der Waals surface area (Å²) in [4.78, 5) is 12.5. The van der Waals surface area contributed by atoms with Gasteiger partial charge >= 0.3 is 0 Å². The highest BCUT2D eigenvalue weighted by Gasteiger charge is 2.35. The van der Waals surface area contributed by atoms with Crippen molar-refractivity contribution in [2.24, 2.45) is 5.73 Å². The number of carbonyl (C=O) groups is 1. The fraction of sp³-hybridized carbons (Fsp3) is 0.533. The molecule has 2 aliphatic rings. The number of rotatable bonds is 3. The number of para-hydroxylation sites is 1. The molecule has 0 bridgehead atoms. The van der Waals surface area contributed by atoms with E-state index < -0.39 is 0 Å². The molecular formula is C15H20N2O3. The smallest absolute Gasteiger partial charge is 0.255 e. The summed E-state index contributed by atoms with van der Waals surface area (Å²) in [7, 11) is 0. The zero-order valence-corrected chi connectivity index (χ0v) is 11.5. The van der Waals surface area contributed by atoms with Gasteiger partial charge < -0.3 is 20.5 Å². The van der Waals surface area contributed by atoms with Crippen LogP contribution >= 0.6 is 0 Å². The topological polar surface area (TPSA) is 73.6 Å². The number of ether oxygens (including phenoxy) is 2. The molecular weight excluding hydrogens is 256 g/mol. The van der Waals surface area contributed by atoms with Gasteiger partial charge in [-0.05, 0) is 25.0 Å². The second-order valence-corrected chi connectivity index (χ2v) is 5.48. The van der Waals surface area contributed by atoms with E-state index in [0.717, 1.165) is 25.7 Å². The van der Waals surface area contributed by atoms with Crippen molar-refractivity contribution in [3.63, 3.8) is 0 Å². The van der Waals surface area contributed by atoms with Crippen molar-refractivity contribution in [3.05, 3.63) is 23.8 Å². The molecule has 20 heavy (non-hydrogen) atoms. The highest BCUT2D eigenvalue weighted by Crippen LogP contribution is 2.35. The van der Waals surface area contributed by atoms with Gasteiger partial charge in [-0.3, -0.25) is 4.79 Å². The minimum absolute atomic E-state index is 0.125. The molecule has 1 heterocycles. The molecule has 108 valence electrons. The Morgan fingerprint density at radius 3 is 2.75 bits per heavy atom. The van der Waals surface area contributed by atoms with Crippen LogP contribution in [-0.2, 0) is 0 Å². The van der Waals surface area contributed by atoms with E-state index in [0.29, 0.717) is 36.8 Å². The Kier molecular flexibility index (Phi) is 3.53. The first-order valence-corrected chi connectivity index (χ1v) is 7.15. The van der Waals surface area contributed by atoms with Crippen LogP contribution in [0.4, 0.5) is 0 Å². The molecule has 1 aliphatic heterocycles. The summed E-state index contributed by atoms with van der Waals surface area (Å²) in [6.07, 6.45) is 4.12. The highest BCUT2D eigenvalue weighted by atomic mass is 16.6. The molecule has 1 saturated carbocycles. The Balaban J connectivity index is 1.84. The van der Waals surface area contributed by atoms with Crippen LogP contribution in [0.2, 0.25) is 0 Å². The van der Waals surface area contributed by atoms with Crippen molar-refractivity contribution >= 4 is 5.91 Å². The predicted octanol–water partition coefficient (Wildman–Crippen LogP) is 1.46. The molecule has 1 amide bonds. The average Bonchev–Trinajstić information content (AvgIpc) is 2.95. The normalized spacial score (nSPS) is 19.6. The van der Waals surface area contributed by atoms with Crippen molar-refractivity contribution in [2.75, 3.05) is 19.8 Å². The van der Waals surface area contributed by atoms with Crippen LogP contribution in [0.3, 0.4) is 0 Å². The van der Waals surface area contributed by atoms with Crippen LogP contribution in [0.25, 0.3) is 0 Å². The van der Waals surface area contributed by atoms with Crippen molar-refractivity contribution < 1.29 is 14.3 Å². The molecule has 1 aromatic rings.